The minimum absolute atomic E-state index is 0.907. The van der Waals surface area contributed by atoms with E-state index in [0.29, 0.717) is 0 Å². The first-order valence-electron chi connectivity index (χ1n) is 18.4. The molecule has 248 valence electrons. The van der Waals surface area contributed by atoms with E-state index in [-0.39, 0.29) is 0 Å². The van der Waals surface area contributed by atoms with Crippen LogP contribution >= 0.6 is 0 Å². The Morgan fingerprint density at radius 2 is 0.875 bits per heavy atom. The van der Waals surface area contributed by atoms with Crippen LogP contribution in [-0.4, -0.2) is 19.9 Å². The van der Waals surface area contributed by atoms with Crippen molar-refractivity contribution in [3.8, 4) is 11.1 Å². The molecule has 2 aliphatic rings. The molecule has 5 heterocycles. The van der Waals surface area contributed by atoms with E-state index in [9.17, 15) is 0 Å². The highest BCUT2D eigenvalue weighted by Gasteiger charge is 2.28. The minimum Gasteiger partial charge on any atom is -0.355 e. The highest BCUT2D eigenvalue weighted by atomic mass is 14.8. The van der Waals surface area contributed by atoms with Crippen molar-refractivity contribution in [2.24, 2.45) is 0 Å². The fourth-order valence-electron chi connectivity index (χ4n) is 8.25. The van der Waals surface area contributed by atoms with Crippen LogP contribution < -0.4 is 0 Å². The van der Waals surface area contributed by atoms with Crippen molar-refractivity contribution in [1.82, 2.24) is 19.9 Å². The van der Waals surface area contributed by atoms with Gasteiger partial charge in [-0.25, -0.2) is 9.97 Å². The summed E-state index contributed by atoms with van der Waals surface area (Å²) < 4.78 is 0. The first-order valence-corrected chi connectivity index (χ1v) is 18.4. The van der Waals surface area contributed by atoms with Crippen molar-refractivity contribution in [3.05, 3.63) is 99.6 Å². The minimum atomic E-state index is 0.907. The molecular formula is C44H52N4. The number of hydrogen-bond acceptors (Lipinski definition) is 2. The van der Waals surface area contributed by atoms with Crippen LogP contribution in [0.25, 0.3) is 61.6 Å². The van der Waals surface area contributed by atoms with E-state index < -0.39 is 0 Å². The number of aromatic nitrogens is 4. The zero-order chi connectivity index (χ0) is 34.1. The van der Waals surface area contributed by atoms with Gasteiger partial charge in [-0.2, -0.15) is 0 Å². The molecule has 4 aromatic rings. The molecule has 2 aliphatic heterocycles. The van der Waals surface area contributed by atoms with Crippen LogP contribution in [0.1, 0.15) is 132 Å². The SMILES string of the molecule is C=Cc1ccc(-c2c3nc(cc4[nH]c(cc5[nH]c(cc6nc2C(CC)=C6CC)c(CC)c5CC)c(CC)c4CC)C(CC)=C3CC)cc1. The Hall–Kier alpha value is -4.44. The second-order valence-electron chi connectivity index (χ2n) is 12.9. The van der Waals surface area contributed by atoms with Crippen LogP contribution in [0, 0.1) is 0 Å². The van der Waals surface area contributed by atoms with Gasteiger partial charge in [-0.1, -0.05) is 92.3 Å². The number of fused-ring (bicyclic) bond motifs is 8. The van der Waals surface area contributed by atoms with Crippen LogP contribution in [-0.2, 0) is 25.7 Å². The fourth-order valence-corrected chi connectivity index (χ4v) is 8.25. The molecule has 0 spiro atoms. The smallest absolute Gasteiger partial charge is 0.0772 e. The van der Waals surface area contributed by atoms with E-state index in [1.807, 2.05) is 6.08 Å². The van der Waals surface area contributed by atoms with Crippen molar-refractivity contribution in [1.29, 1.82) is 0 Å². The maximum absolute atomic E-state index is 5.58. The highest BCUT2D eigenvalue weighted by Crippen LogP contribution is 2.45. The van der Waals surface area contributed by atoms with E-state index in [4.69, 9.17) is 9.97 Å². The molecule has 48 heavy (non-hydrogen) atoms. The van der Waals surface area contributed by atoms with Gasteiger partial charge in [0.1, 0.15) is 0 Å². The molecule has 0 atom stereocenters. The average molecular weight is 637 g/mol. The molecule has 8 bridgehead atoms. The molecule has 0 aliphatic carbocycles. The van der Waals surface area contributed by atoms with Gasteiger partial charge in [0, 0.05) is 27.6 Å². The fraction of sp³-hybridized carbons (Fsp3) is 0.364. The molecule has 6 rings (SSSR count). The Morgan fingerprint density at radius 3 is 1.21 bits per heavy atom. The van der Waals surface area contributed by atoms with Crippen LogP contribution in [0.15, 0.2) is 49.0 Å². The molecular weight excluding hydrogens is 585 g/mol. The summed E-state index contributed by atoms with van der Waals surface area (Å²) in [5.74, 6) is 0. The summed E-state index contributed by atoms with van der Waals surface area (Å²) in [5, 5.41) is 0. The molecule has 0 radical (unpaired) electrons. The van der Waals surface area contributed by atoms with Gasteiger partial charge in [-0.3, -0.25) is 0 Å². The van der Waals surface area contributed by atoms with Gasteiger partial charge in [-0.15, -0.1) is 0 Å². The zero-order valence-corrected chi connectivity index (χ0v) is 30.4. The maximum atomic E-state index is 5.58. The Balaban J connectivity index is 1.92. The summed E-state index contributed by atoms with van der Waals surface area (Å²) in [6, 6.07) is 15.8. The van der Waals surface area contributed by atoms with Gasteiger partial charge >= 0.3 is 0 Å². The van der Waals surface area contributed by atoms with E-state index in [0.717, 1.165) is 90.8 Å². The van der Waals surface area contributed by atoms with Crippen LogP contribution in [0.3, 0.4) is 0 Å². The summed E-state index contributed by atoms with van der Waals surface area (Å²) in [6.45, 7) is 22.2. The number of nitrogens with one attached hydrogen (secondary N) is 2. The Kier molecular flexibility index (Phi) is 9.73. The molecule has 1 aromatic carbocycles. The molecule has 0 saturated carbocycles. The standard InChI is InChI=1S/C44H52N4/c1-10-26-19-21-27(22-20-26)42-43-34(17-8)32(15-6)40(47-43)24-38-30(13-4)28(11-2)36(45-38)23-37-29(12-3)31(14-5)39(46-37)25-41-33(16-7)35(18-9)44(42)48-41/h10,19-25,45-46H,1,11-18H2,2-9H3. The third-order valence-corrected chi connectivity index (χ3v) is 10.5. The number of H-pyrrole nitrogens is 2. The molecule has 4 heteroatoms. The molecule has 0 amide bonds. The second-order valence-corrected chi connectivity index (χ2v) is 12.9. The first kappa shape index (κ1) is 33.5. The van der Waals surface area contributed by atoms with E-state index in [1.165, 1.54) is 66.6 Å². The van der Waals surface area contributed by atoms with Gasteiger partial charge in [0.2, 0.25) is 0 Å². The normalized spacial score (nSPS) is 13.2. The number of aromatic amines is 2. The Labute approximate surface area is 287 Å². The lowest BCUT2D eigenvalue weighted by atomic mass is 9.90. The maximum Gasteiger partial charge on any atom is 0.0772 e. The quantitative estimate of drug-likeness (QED) is 0.182. The van der Waals surface area contributed by atoms with Gasteiger partial charge in [0.25, 0.3) is 0 Å². The van der Waals surface area contributed by atoms with Gasteiger partial charge in [0.05, 0.1) is 22.8 Å². The highest BCUT2D eigenvalue weighted by molar-refractivity contribution is 6.03. The van der Waals surface area contributed by atoms with Gasteiger partial charge < -0.3 is 9.97 Å². The number of allylic oxidation sites excluding steroid dienone is 4. The van der Waals surface area contributed by atoms with E-state index >= 15 is 0 Å². The Morgan fingerprint density at radius 1 is 0.500 bits per heavy atom. The van der Waals surface area contributed by atoms with Crippen LogP contribution in [0.2, 0.25) is 0 Å². The van der Waals surface area contributed by atoms with Gasteiger partial charge in [0.15, 0.2) is 0 Å². The summed E-state index contributed by atoms with van der Waals surface area (Å²) in [6.07, 6.45) is 9.44. The third-order valence-electron chi connectivity index (χ3n) is 10.5. The molecule has 3 aromatic heterocycles. The molecule has 0 unspecified atom stereocenters. The van der Waals surface area contributed by atoms with Crippen molar-refractivity contribution in [2.45, 2.75) is 107 Å². The van der Waals surface area contributed by atoms with E-state index in [2.05, 4.69) is 114 Å². The zero-order valence-electron chi connectivity index (χ0n) is 30.4. The molecule has 0 fully saturated rings. The number of hydrogen-bond donors (Lipinski definition) is 2. The van der Waals surface area contributed by atoms with Crippen molar-refractivity contribution < 1.29 is 0 Å². The number of nitrogens with zero attached hydrogens (tertiary/aromatic N) is 2. The summed E-state index contributed by atoms with van der Waals surface area (Å²) in [7, 11) is 0. The predicted molar refractivity (Wildman–Crippen MR) is 209 cm³/mol. The van der Waals surface area contributed by atoms with Crippen molar-refractivity contribution >= 4 is 50.4 Å². The second kappa shape index (κ2) is 14.0. The molecule has 0 saturated heterocycles. The van der Waals surface area contributed by atoms with E-state index in [1.54, 1.807) is 0 Å². The lowest BCUT2D eigenvalue weighted by Gasteiger charge is -2.13. The summed E-state index contributed by atoms with van der Waals surface area (Å²) in [5.41, 5.74) is 23.3. The monoisotopic (exact) mass is 636 g/mol. The first-order chi connectivity index (χ1) is 23.4. The van der Waals surface area contributed by atoms with Crippen LogP contribution in [0.5, 0.6) is 0 Å². The van der Waals surface area contributed by atoms with Crippen LogP contribution in [0.4, 0.5) is 0 Å². The Bertz CT molecular complexity index is 1990. The third kappa shape index (κ3) is 5.49. The van der Waals surface area contributed by atoms with Crippen molar-refractivity contribution in [3.63, 3.8) is 0 Å². The predicted octanol–water partition coefficient (Wildman–Crippen LogP) is 12.3. The topological polar surface area (TPSA) is 57.4 Å². The van der Waals surface area contributed by atoms with Gasteiger partial charge in [-0.05, 0) is 125 Å². The summed E-state index contributed by atoms with van der Waals surface area (Å²) in [4.78, 5) is 18.9. The molecule has 2 N–H and O–H groups in total. The lowest BCUT2D eigenvalue weighted by molar-refractivity contribution is 1.07. The number of benzene rings is 1. The number of aryl methyl sites for hydroxylation is 4. The number of rotatable bonds is 10. The summed E-state index contributed by atoms with van der Waals surface area (Å²) >= 11 is 0. The largest absolute Gasteiger partial charge is 0.355 e. The van der Waals surface area contributed by atoms with Crippen molar-refractivity contribution in [2.75, 3.05) is 0 Å². The average Bonchev–Trinajstić information content (AvgIpc) is 3.84. The lowest BCUT2D eigenvalue weighted by Crippen LogP contribution is -1.95. The molecule has 4 nitrogen and oxygen atoms in total.